The van der Waals surface area contributed by atoms with Gasteiger partial charge in [0, 0.05) is 25.1 Å². The van der Waals surface area contributed by atoms with Gasteiger partial charge >= 0.3 is 0 Å². The number of aryl methyl sites for hydroxylation is 2. The summed E-state index contributed by atoms with van der Waals surface area (Å²) in [5, 5.41) is 21.9. The molecule has 4 heteroatoms. The van der Waals surface area contributed by atoms with Crippen molar-refractivity contribution in [2.45, 2.75) is 71.9 Å². The molecule has 2 aromatic carbocycles. The molecule has 0 spiro atoms. The average Bonchev–Trinajstić information content (AvgIpc) is 3.46. The van der Waals surface area contributed by atoms with E-state index in [1.54, 1.807) is 13.0 Å². The standard InChI is InChI=1S/C24H31NO3/c1-4-5-6-9-18-14-22(27)23(19-10-7-8-16(2)13-19)24(28)21(18)15-25(17(3)26)20-11-12-20/h7-8,10,13-14,20,27-28H,4-6,9,11-12,15H2,1-3H3. The topological polar surface area (TPSA) is 60.8 Å². The Morgan fingerprint density at radius 3 is 2.54 bits per heavy atom. The zero-order chi connectivity index (χ0) is 20.3. The highest BCUT2D eigenvalue weighted by atomic mass is 16.3. The lowest BCUT2D eigenvalue weighted by Gasteiger charge is -2.24. The van der Waals surface area contributed by atoms with Crippen LogP contribution >= 0.6 is 0 Å². The number of amides is 1. The Hall–Kier alpha value is -2.49. The lowest BCUT2D eigenvalue weighted by Crippen LogP contribution is -2.30. The molecule has 3 rings (SSSR count). The van der Waals surface area contributed by atoms with E-state index in [4.69, 9.17) is 0 Å². The Morgan fingerprint density at radius 1 is 1.18 bits per heavy atom. The van der Waals surface area contributed by atoms with Gasteiger partial charge in [-0.2, -0.15) is 0 Å². The molecule has 150 valence electrons. The van der Waals surface area contributed by atoms with E-state index in [0.29, 0.717) is 12.1 Å². The van der Waals surface area contributed by atoms with Crippen LogP contribution in [-0.2, 0) is 17.8 Å². The summed E-state index contributed by atoms with van der Waals surface area (Å²) in [6, 6.07) is 9.82. The maximum absolute atomic E-state index is 12.2. The van der Waals surface area contributed by atoms with Crippen LogP contribution in [0.15, 0.2) is 30.3 Å². The van der Waals surface area contributed by atoms with Crippen LogP contribution in [0.4, 0.5) is 0 Å². The van der Waals surface area contributed by atoms with E-state index in [0.717, 1.165) is 60.8 Å². The maximum Gasteiger partial charge on any atom is 0.219 e. The first-order chi connectivity index (χ1) is 13.4. The second kappa shape index (κ2) is 8.68. The smallest absolute Gasteiger partial charge is 0.219 e. The van der Waals surface area contributed by atoms with Gasteiger partial charge in [0.15, 0.2) is 0 Å². The van der Waals surface area contributed by atoms with Crippen LogP contribution in [0.3, 0.4) is 0 Å². The van der Waals surface area contributed by atoms with Crippen LogP contribution in [0.25, 0.3) is 11.1 Å². The van der Waals surface area contributed by atoms with Gasteiger partial charge in [-0.3, -0.25) is 4.79 Å². The number of aromatic hydroxyl groups is 2. The predicted octanol–water partition coefficient (Wildman–Crippen LogP) is 5.32. The van der Waals surface area contributed by atoms with Gasteiger partial charge in [0.1, 0.15) is 11.5 Å². The van der Waals surface area contributed by atoms with Crippen molar-refractivity contribution in [2.24, 2.45) is 0 Å². The van der Waals surface area contributed by atoms with Gasteiger partial charge in [-0.25, -0.2) is 0 Å². The summed E-state index contributed by atoms with van der Waals surface area (Å²) in [7, 11) is 0. The molecule has 0 unspecified atom stereocenters. The first-order valence-electron chi connectivity index (χ1n) is 10.3. The Kier molecular flexibility index (Phi) is 6.28. The molecule has 0 aliphatic heterocycles. The van der Waals surface area contributed by atoms with E-state index >= 15 is 0 Å². The molecule has 1 fully saturated rings. The van der Waals surface area contributed by atoms with Crippen molar-refractivity contribution >= 4 is 5.91 Å². The number of hydrogen-bond donors (Lipinski definition) is 2. The minimum Gasteiger partial charge on any atom is -0.507 e. The van der Waals surface area contributed by atoms with Crippen molar-refractivity contribution in [1.82, 2.24) is 4.90 Å². The molecule has 28 heavy (non-hydrogen) atoms. The molecule has 1 amide bonds. The molecule has 0 bridgehead atoms. The number of hydrogen-bond acceptors (Lipinski definition) is 3. The van der Waals surface area contributed by atoms with Crippen molar-refractivity contribution in [3.8, 4) is 22.6 Å². The lowest BCUT2D eigenvalue weighted by molar-refractivity contribution is -0.130. The second-order valence-electron chi connectivity index (χ2n) is 7.96. The van der Waals surface area contributed by atoms with Gasteiger partial charge in [0.05, 0.1) is 5.56 Å². The van der Waals surface area contributed by atoms with Crippen molar-refractivity contribution in [1.29, 1.82) is 0 Å². The Morgan fingerprint density at radius 2 is 1.93 bits per heavy atom. The van der Waals surface area contributed by atoms with Gasteiger partial charge in [-0.15, -0.1) is 0 Å². The molecule has 0 radical (unpaired) electrons. The quantitative estimate of drug-likeness (QED) is 0.609. The van der Waals surface area contributed by atoms with Crippen molar-refractivity contribution in [2.75, 3.05) is 0 Å². The van der Waals surface area contributed by atoms with Crippen LogP contribution in [-0.4, -0.2) is 27.1 Å². The van der Waals surface area contributed by atoms with Gasteiger partial charge in [-0.05, 0) is 49.8 Å². The van der Waals surface area contributed by atoms with Crippen LogP contribution in [0.5, 0.6) is 11.5 Å². The average molecular weight is 382 g/mol. The first kappa shape index (κ1) is 20.2. The van der Waals surface area contributed by atoms with Crippen molar-refractivity contribution in [3.05, 3.63) is 47.0 Å². The maximum atomic E-state index is 12.2. The van der Waals surface area contributed by atoms with Gasteiger partial charge in [0.2, 0.25) is 5.91 Å². The lowest BCUT2D eigenvalue weighted by atomic mass is 9.92. The van der Waals surface area contributed by atoms with Crippen molar-refractivity contribution < 1.29 is 15.0 Å². The third-order valence-electron chi connectivity index (χ3n) is 5.55. The summed E-state index contributed by atoms with van der Waals surface area (Å²) in [5.41, 5.74) is 4.02. The van der Waals surface area contributed by atoms with Gasteiger partial charge in [0.25, 0.3) is 0 Å². The molecule has 1 aliphatic carbocycles. The minimum absolute atomic E-state index is 0.0339. The van der Waals surface area contributed by atoms with E-state index in [1.807, 2.05) is 36.1 Å². The number of unbranched alkanes of at least 4 members (excludes halogenated alkanes) is 2. The Balaban J connectivity index is 2.06. The number of rotatable bonds is 8. The highest BCUT2D eigenvalue weighted by molar-refractivity contribution is 5.80. The normalized spacial score (nSPS) is 13.5. The zero-order valence-electron chi connectivity index (χ0n) is 17.2. The summed E-state index contributed by atoms with van der Waals surface area (Å²) in [5.74, 6) is 0.231. The van der Waals surface area contributed by atoms with E-state index in [9.17, 15) is 15.0 Å². The summed E-state index contributed by atoms with van der Waals surface area (Å²) in [6.45, 7) is 6.13. The van der Waals surface area contributed by atoms with Crippen LogP contribution < -0.4 is 0 Å². The zero-order valence-corrected chi connectivity index (χ0v) is 17.2. The molecular formula is C24H31NO3. The number of carbonyl (C=O) groups is 1. The highest BCUT2D eigenvalue weighted by Gasteiger charge is 2.32. The fourth-order valence-electron chi connectivity index (χ4n) is 3.85. The highest BCUT2D eigenvalue weighted by Crippen LogP contribution is 2.43. The SMILES string of the molecule is CCCCCc1cc(O)c(-c2cccc(C)c2)c(O)c1CN(C(C)=O)C1CC1. The minimum atomic E-state index is 0.0339. The van der Waals surface area contributed by atoms with Crippen LogP contribution in [0, 0.1) is 6.92 Å². The third kappa shape index (κ3) is 4.49. The molecule has 2 aromatic rings. The predicted molar refractivity (Wildman–Crippen MR) is 112 cm³/mol. The summed E-state index contributed by atoms with van der Waals surface area (Å²) < 4.78 is 0. The largest absolute Gasteiger partial charge is 0.507 e. The molecule has 0 heterocycles. The Bertz CT molecular complexity index is 855. The number of phenolic OH excluding ortho intramolecular Hbond substituents is 2. The van der Waals surface area contributed by atoms with E-state index in [1.165, 1.54) is 0 Å². The molecule has 1 saturated carbocycles. The molecule has 2 N–H and O–H groups in total. The van der Waals surface area contributed by atoms with Crippen molar-refractivity contribution in [3.63, 3.8) is 0 Å². The number of phenols is 2. The first-order valence-corrected chi connectivity index (χ1v) is 10.3. The van der Waals surface area contributed by atoms with E-state index < -0.39 is 0 Å². The number of carbonyl (C=O) groups excluding carboxylic acids is 1. The van der Waals surface area contributed by atoms with Crippen LogP contribution in [0.2, 0.25) is 0 Å². The molecular weight excluding hydrogens is 350 g/mol. The summed E-state index contributed by atoms with van der Waals surface area (Å²) in [6.07, 6.45) is 6.03. The fourth-order valence-corrected chi connectivity index (χ4v) is 3.85. The summed E-state index contributed by atoms with van der Waals surface area (Å²) >= 11 is 0. The molecule has 0 aromatic heterocycles. The second-order valence-corrected chi connectivity index (χ2v) is 7.96. The van der Waals surface area contributed by atoms with Crippen LogP contribution in [0.1, 0.15) is 62.6 Å². The fraction of sp³-hybridized carbons (Fsp3) is 0.458. The molecule has 1 aliphatic rings. The monoisotopic (exact) mass is 381 g/mol. The van der Waals surface area contributed by atoms with Gasteiger partial charge < -0.3 is 15.1 Å². The molecule has 0 saturated heterocycles. The number of nitrogens with zero attached hydrogens (tertiary/aromatic N) is 1. The molecule has 0 atom stereocenters. The number of benzene rings is 2. The molecule has 4 nitrogen and oxygen atoms in total. The Labute approximate surface area is 167 Å². The van der Waals surface area contributed by atoms with Gasteiger partial charge in [-0.1, -0.05) is 49.6 Å². The third-order valence-corrected chi connectivity index (χ3v) is 5.55. The van der Waals surface area contributed by atoms with E-state index in [2.05, 4.69) is 6.92 Å². The summed E-state index contributed by atoms with van der Waals surface area (Å²) in [4.78, 5) is 14.0. The van der Waals surface area contributed by atoms with E-state index in [-0.39, 0.29) is 23.4 Å².